The van der Waals surface area contributed by atoms with E-state index in [1.807, 2.05) is 31.2 Å². The maximum atomic E-state index is 12.9. The van der Waals surface area contributed by atoms with E-state index in [2.05, 4.69) is 15.3 Å². The average Bonchev–Trinajstić information content (AvgIpc) is 3.23. The van der Waals surface area contributed by atoms with Crippen molar-refractivity contribution in [2.45, 2.75) is 39.4 Å². The molecule has 4 rings (SSSR count). The minimum Gasteiger partial charge on any atom is -0.380 e. The van der Waals surface area contributed by atoms with Gasteiger partial charge in [-0.2, -0.15) is 13.2 Å². The summed E-state index contributed by atoms with van der Waals surface area (Å²) in [5.41, 5.74) is 4.98. The van der Waals surface area contributed by atoms with Gasteiger partial charge in [0.05, 0.1) is 23.1 Å². The van der Waals surface area contributed by atoms with Crippen LogP contribution in [0.5, 0.6) is 0 Å². The van der Waals surface area contributed by atoms with Crippen molar-refractivity contribution in [3.63, 3.8) is 0 Å². The van der Waals surface area contributed by atoms with E-state index in [1.165, 1.54) is 0 Å². The molecule has 0 saturated heterocycles. The molecule has 0 saturated carbocycles. The van der Waals surface area contributed by atoms with Crippen molar-refractivity contribution in [2.24, 2.45) is 0 Å². The number of rotatable bonds is 7. The minimum absolute atomic E-state index is 0.0325. The lowest BCUT2D eigenvalue weighted by atomic mass is 9.99. The summed E-state index contributed by atoms with van der Waals surface area (Å²) in [6.45, 7) is 3.96. The number of anilines is 1. The van der Waals surface area contributed by atoms with E-state index in [0.29, 0.717) is 24.7 Å². The molecule has 0 atom stereocenters. The maximum Gasteiger partial charge on any atom is 0.417 e. The summed E-state index contributed by atoms with van der Waals surface area (Å²) < 4.78 is 38.8. The van der Waals surface area contributed by atoms with Gasteiger partial charge in [0, 0.05) is 42.9 Å². The monoisotopic (exact) mass is 465 g/mol. The predicted octanol–water partition coefficient (Wildman–Crippen LogP) is 5.37. The Morgan fingerprint density at radius 3 is 2.62 bits per heavy atom. The second kappa shape index (κ2) is 9.21. The van der Waals surface area contributed by atoms with Crippen molar-refractivity contribution in [3.8, 4) is 0 Å². The lowest BCUT2D eigenvalue weighted by Crippen LogP contribution is -2.10. The molecule has 0 spiro atoms. The predicted molar refractivity (Wildman–Crippen MR) is 122 cm³/mol. The number of Topliss-reactive ketones (excluding diaryl/α,β-unsaturated/α-hetero) is 2. The van der Waals surface area contributed by atoms with Gasteiger partial charge in [0.15, 0.2) is 11.6 Å². The SMILES string of the molecule is CC(=O)C1=Cc2cc(NCc3cc(CC(=O)c4cncc(C(F)(F)F)c4)ccc3C)cnc2C1. The first-order valence-electron chi connectivity index (χ1n) is 10.7. The summed E-state index contributed by atoms with van der Waals surface area (Å²) in [7, 11) is 0. The molecule has 0 unspecified atom stereocenters. The van der Waals surface area contributed by atoms with Crippen LogP contribution >= 0.6 is 0 Å². The Hall–Kier alpha value is -3.81. The van der Waals surface area contributed by atoms with Crippen LogP contribution in [0.4, 0.5) is 18.9 Å². The summed E-state index contributed by atoms with van der Waals surface area (Å²) >= 11 is 0. The van der Waals surface area contributed by atoms with Crippen LogP contribution in [0.25, 0.3) is 6.08 Å². The molecule has 0 fully saturated rings. The number of carbonyl (C=O) groups is 2. The van der Waals surface area contributed by atoms with Gasteiger partial charge in [-0.05, 0) is 54.3 Å². The molecule has 0 bridgehead atoms. The molecule has 8 heteroatoms. The molecule has 2 aromatic heterocycles. The van der Waals surface area contributed by atoms with Crippen LogP contribution in [-0.2, 0) is 30.4 Å². The maximum absolute atomic E-state index is 12.9. The van der Waals surface area contributed by atoms with Crippen molar-refractivity contribution >= 4 is 23.3 Å². The molecule has 3 aromatic rings. The summed E-state index contributed by atoms with van der Waals surface area (Å²) in [6.07, 6.45) is 1.39. The van der Waals surface area contributed by atoms with Gasteiger partial charge in [-0.25, -0.2) is 0 Å². The number of fused-ring (bicyclic) bond motifs is 1. The van der Waals surface area contributed by atoms with Gasteiger partial charge in [-0.3, -0.25) is 19.6 Å². The number of nitrogens with one attached hydrogen (secondary N) is 1. The van der Waals surface area contributed by atoms with Gasteiger partial charge in [0.25, 0.3) is 0 Å². The van der Waals surface area contributed by atoms with Gasteiger partial charge >= 0.3 is 6.18 Å². The molecule has 1 aliphatic carbocycles. The van der Waals surface area contributed by atoms with E-state index in [9.17, 15) is 22.8 Å². The van der Waals surface area contributed by atoms with E-state index >= 15 is 0 Å². The second-order valence-corrected chi connectivity index (χ2v) is 8.34. The summed E-state index contributed by atoms with van der Waals surface area (Å²) in [5.74, 6) is -0.396. The van der Waals surface area contributed by atoms with Gasteiger partial charge in [0.1, 0.15) is 0 Å². The summed E-state index contributed by atoms with van der Waals surface area (Å²) in [6, 6.07) is 8.33. The van der Waals surface area contributed by atoms with Crippen molar-refractivity contribution in [3.05, 3.63) is 93.6 Å². The fourth-order valence-corrected chi connectivity index (χ4v) is 3.78. The van der Waals surface area contributed by atoms with Crippen LogP contribution in [0.1, 0.15) is 50.8 Å². The standard InChI is InChI=1S/C26H22F3N3O2/c1-15-3-4-17(6-25(34)21-8-22(13-30-11-21)26(27,28)29)5-20(15)12-31-23-9-19-7-18(16(2)33)10-24(19)32-14-23/h3-5,7-9,11,13-14,31H,6,10,12H2,1-2H3. The van der Waals surface area contributed by atoms with E-state index in [4.69, 9.17) is 0 Å². The largest absolute Gasteiger partial charge is 0.417 e. The normalized spacial score (nSPS) is 12.8. The van der Waals surface area contributed by atoms with Crippen molar-refractivity contribution in [1.82, 2.24) is 9.97 Å². The Kier molecular flexibility index (Phi) is 6.32. The first-order valence-corrected chi connectivity index (χ1v) is 10.7. The average molecular weight is 465 g/mol. The molecule has 0 radical (unpaired) electrons. The van der Waals surface area contributed by atoms with Gasteiger partial charge in [0.2, 0.25) is 0 Å². The number of carbonyl (C=O) groups excluding carboxylic acids is 2. The zero-order chi connectivity index (χ0) is 24.5. The molecule has 0 aliphatic heterocycles. The van der Waals surface area contributed by atoms with Crippen LogP contribution in [0.2, 0.25) is 0 Å². The van der Waals surface area contributed by atoms with E-state index in [1.54, 1.807) is 19.2 Å². The van der Waals surface area contributed by atoms with Crippen molar-refractivity contribution in [1.29, 1.82) is 0 Å². The zero-order valence-electron chi connectivity index (χ0n) is 18.7. The number of hydrogen-bond acceptors (Lipinski definition) is 5. The molecular formula is C26H22F3N3O2. The Morgan fingerprint density at radius 1 is 1.09 bits per heavy atom. The molecule has 2 heterocycles. The molecule has 5 nitrogen and oxygen atoms in total. The molecule has 0 amide bonds. The van der Waals surface area contributed by atoms with E-state index in [-0.39, 0.29) is 17.8 Å². The molecule has 34 heavy (non-hydrogen) atoms. The second-order valence-electron chi connectivity index (χ2n) is 8.34. The fourth-order valence-electron chi connectivity index (χ4n) is 3.78. The fraction of sp³-hybridized carbons (Fsp3) is 0.231. The third kappa shape index (κ3) is 5.22. The highest BCUT2D eigenvalue weighted by atomic mass is 19.4. The number of alkyl halides is 3. The lowest BCUT2D eigenvalue weighted by Gasteiger charge is -2.12. The topological polar surface area (TPSA) is 72.0 Å². The lowest BCUT2D eigenvalue weighted by molar-refractivity contribution is -0.137. The number of hydrogen-bond donors (Lipinski definition) is 1. The highest BCUT2D eigenvalue weighted by Crippen LogP contribution is 2.29. The summed E-state index contributed by atoms with van der Waals surface area (Å²) in [5, 5.41) is 3.32. The van der Waals surface area contributed by atoms with Crippen LogP contribution in [-0.4, -0.2) is 21.5 Å². The Bertz CT molecular complexity index is 1310. The van der Waals surface area contributed by atoms with Gasteiger partial charge in [-0.1, -0.05) is 18.2 Å². The highest BCUT2D eigenvalue weighted by Gasteiger charge is 2.31. The van der Waals surface area contributed by atoms with Gasteiger partial charge in [-0.15, -0.1) is 0 Å². The molecule has 1 aromatic carbocycles. The van der Waals surface area contributed by atoms with Crippen LogP contribution in [0.15, 0.2) is 54.5 Å². The molecule has 174 valence electrons. The number of pyridine rings is 2. The Balaban J connectivity index is 1.46. The first kappa shape index (κ1) is 23.4. The van der Waals surface area contributed by atoms with E-state index in [0.717, 1.165) is 45.9 Å². The number of benzene rings is 1. The molecule has 1 aliphatic rings. The van der Waals surface area contributed by atoms with E-state index < -0.39 is 17.5 Å². The van der Waals surface area contributed by atoms with Crippen LogP contribution in [0, 0.1) is 6.92 Å². The van der Waals surface area contributed by atoms with Crippen LogP contribution in [0.3, 0.4) is 0 Å². The Labute approximate surface area is 194 Å². The number of allylic oxidation sites excluding steroid dienone is 1. The van der Waals surface area contributed by atoms with Crippen molar-refractivity contribution < 1.29 is 22.8 Å². The van der Waals surface area contributed by atoms with Crippen LogP contribution < -0.4 is 5.32 Å². The number of halogens is 3. The highest BCUT2D eigenvalue weighted by molar-refractivity contribution is 6.00. The smallest absolute Gasteiger partial charge is 0.380 e. The number of aryl methyl sites for hydroxylation is 1. The minimum atomic E-state index is -4.55. The third-order valence-electron chi connectivity index (χ3n) is 5.79. The molecular weight excluding hydrogens is 443 g/mol. The van der Waals surface area contributed by atoms with Gasteiger partial charge < -0.3 is 5.32 Å². The first-order chi connectivity index (χ1) is 16.1. The quantitative estimate of drug-likeness (QED) is 0.475. The number of aromatic nitrogens is 2. The zero-order valence-corrected chi connectivity index (χ0v) is 18.7. The third-order valence-corrected chi connectivity index (χ3v) is 5.79. The summed E-state index contributed by atoms with van der Waals surface area (Å²) in [4.78, 5) is 32.2. The number of ketones is 2. The Morgan fingerprint density at radius 2 is 1.88 bits per heavy atom. The van der Waals surface area contributed by atoms with Crippen molar-refractivity contribution in [2.75, 3.05) is 5.32 Å². The molecule has 1 N–H and O–H groups in total. The number of nitrogens with zero attached hydrogens (tertiary/aromatic N) is 2.